The van der Waals surface area contributed by atoms with Crippen molar-refractivity contribution in [2.75, 3.05) is 25.4 Å². The molecule has 2 aliphatic rings. The Kier molecular flexibility index (Phi) is 7.05. The molecular formula is C20H25BrN2OS. The van der Waals surface area contributed by atoms with E-state index < -0.39 is 0 Å². The van der Waals surface area contributed by atoms with Gasteiger partial charge in [-0.3, -0.25) is 4.99 Å². The first kappa shape index (κ1) is 18.6. The first-order chi connectivity index (χ1) is 12.3. The number of hydrogen-bond donors (Lipinski definition) is 1. The van der Waals surface area contributed by atoms with Gasteiger partial charge in [-0.05, 0) is 42.0 Å². The number of nitrogens with zero attached hydrogens (tertiary/aromatic N) is 1. The minimum atomic E-state index is 0.408. The zero-order valence-corrected chi connectivity index (χ0v) is 17.0. The maximum Gasteiger partial charge on any atom is 0.129 e. The summed E-state index contributed by atoms with van der Waals surface area (Å²) in [6.07, 6.45) is 7.39. The summed E-state index contributed by atoms with van der Waals surface area (Å²) in [5, 5.41) is 3.44. The number of allylic oxidation sites excluding steroid dienone is 4. The zero-order valence-electron chi connectivity index (χ0n) is 14.6. The summed E-state index contributed by atoms with van der Waals surface area (Å²) in [5.74, 6) is 3.56. The van der Waals surface area contributed by atoms with Gasteiger partial charge in [-0.1, -0.05) is 41.1 Å². The SMILES string of the molecule is CCCOC1=CC=C(Br)CC1CSc1ccccc1C1=NCCCN1. The van der Waals surface area contributed by atoms with Crippen LogP contribution in [0.2, 0.25) is 0 Å². The summed E-state index contributed by atoms with van der Waals surface area (Å²) < 4.78 is 7.22. The Morgan fingerprint density at radius 1 is 1.32 bits per heavy atom. The molecule has 1 aliphatic heterocycles. The molecule has 134 valence electrons. The molecular weight excluding hydrogens is 396 g/mol. The molecule has 1 aliphatic carbocycles. The third-order valence-electron chi connectivity index (χ3n) is 4.22. The first-order valence-electron chi connectivity index (χ1n) is 8.97. The van der Waals surface area contributed by atoms with E-state index in [0.717, 1.165) is 56.3 Å². The van der Waals surface area contributed by atoms with Gasteiger partial charge in [-0.15, -0.1) is 11.8 Å². The number of hydrogen-bond acceptors (Lipinski definition) is 4. The minimum Gasteiger partial charge on any atom is -0.498 e. The van der Waals surface area contributed by atoms with Crippen LogP contribution in [0.4, 0.5) is 0 Å². The summed E-state index contributed by atoms with van der Waals surface area (Å²) in [6.45, 7) is 4.86. The van der Waals surface area contributed by atoms with E-state index in [0.29, 0.717) is 5.92 Å². The topological polar surface area (TPSA) is 33.6 Å². The average Bonchev–Trinajstić information content (AvgIpc) is 2.66. The van der Waals surface area contributed by atoms with Crippen LogP contribution < -0.4 is 5.32 Å². The predicted molar refractivity (Wildman–Crippen MR) is 111 cm³/mol. The quantitative estimate of drug-likeness (QED) is 0.620. The Labute approximate surface area is 163 Å². The fourth-order valence-corrected chi connectivity index (χ4v) is 4.61. The van der Waals surface area contributed by atoms with Gasteiger partial charge in [0.05, 0.1) is 6.61 Å². The molecule has 1 aromatic carbocycles. The standard InChI is InChI=1S/C20H25BrN2OS/c1-2-12-24-18-9-8-16(21)13-15(18)14-25-19-7-4-3-6-17(19)20-22-10-5-11-23-20/h3-4,6-9,15H,2,5,10-14H2,1H3,(H,22,23). The maximum atomic E-state index is 5.97. The van der Waals surface area contributed by atoms with Crippen molar-refractivity contribution in [2.24, 2.45) is 10.9 Å². The highest BCUT2D eigenvalue weighted by atomic mass is 79.9. The highest BCUT2D eigenvalue weighted by molar-refractivity contribution is 9.11. The van der Waals surface area contributed by atoms with Gasteiger partial charge in [0, 0.05) is 35.2 Å². The van der Waals surface area contributed by atoms with Gasteiger partial charge in [-0.25, -0.2) is 0 Å². The van der Waals surface area contributed by atoms with Gasteiger partial charge >= 0.3 is 0 Å². The molecule has 0 saturated heterocycles. The number of amidine groups is 1. The van der Waals surface area contributed by atoms with Gasteiger partial charge in [0.1, 0.15) is 11.6 Å². The molecule has 0 spiro atoms. The molecule has 0 saturated carbocycles. The van der Waals surface area contributed by atoms with Crippen LogP contribution in [0.3, 0.4) is 0 Å². The monoisotopic (exact) mass is 420 g/mol. The van der Waals surface area contributed by atoms with Crippen molar-refractivity contribution in [3.63, 3.8) is 0 Å². The number of benzene rings is 1. The van der Waals surface area contributed by atoms with Gasteiger partial charge in [0.25, 0.3) is 0 Å². The van der Waals surface area contributed by atoms with E-state index >= 15 is 0 Å². The van der Waals surface area contributed by atoms with Crippen molar-refractivity contribution in [1.29, 1.82) is 0 Å². The number of rotatable bonds is 7. The van der Waals surface area contributed by atoms with Gasteiger partial charge in [0.15, 0.2) is 0 Å². The van der Waals surface area contributed by atoms with Crippen LogP contribution in [0.1, 0.15) is 31.7 Å². The molecule has 0 radical (unpaired) electrons. The van der Waals surface area contributed by atoms with E-state index in [2.05, 4.69) is 69.6 Å². The van der Waals surface area contributed by atoms with E-state index in [1.54, 1.807) is 0 Å². The van der Waals surface area contributed by atoms with E-state index in [9.17, 15) is 0 Å². The smallest absolute Gasteiger partial charge is 0.129 e. The molecule has 1 aromatic rings. The van der Waals surface area contributed by atoms with Crippen LogP contribution in [0, 0.1) is 5.92 Å². The summed E-state index contributed by atoms with van der Waals surface area (Å²) in [6, 6.07) is 8.56. The highest BCUT2D eigenvalue weighted by Crippen LogP contribution is 2.35. The second-order valence-electron chi connectivity index (χ2n) is 6.25. The molecule has 25 heavy (non-hydrogen) atoms. The van der Waals surface area contributed by atoms with E-state index in [1.807, 2.05) is 11.8 Å². The molecule has 0 aromatic heterocycles. The summed E-state index contributed by atoms with van der Waals surface area (Å²) >= 11 is 5.55. The van der Waals surface area contributed by atoms with Gasteiger partial charge in [0.2, 0.25) is 0 Å². The Balaban J connectivity index is 1.70. The van der Waals surface area contributed by atoms with E-state index in [-0.39, 0.29) is 0 Å². The second-order valence-corrected chi connectivity index (χ2v) is 8.33. The molecule has 1 unspecified atom stereocenters. The van der Waals surface area contributed by atoms with Crippen LogP contribution >= 0.6 is 27.7 Å². The molecule has 0 bridgehead atoms. The van der Waals surface area contributed by atoms with Crippen LogP contribution in [-0.2, 0) is 4.74 Å². The normalized spacial score (nSPS) is 20.2. The predicted octanol–water partition coefficient (Wildman–Crippen LogP) is 5.13. The molecule has 0 fully saturated rings. The molecule has 3 nitrogen and oxygen atoms in total. The Bertz CT molecular complexity index is 684. The fraction of sp³-hybridized carbons (Fsp3) is 0.450. The number of halogens is 1. The zero-order chi connectivity index (χ0) is 17.5. The number of thioether (sulfide) groups is 1. The van der Waals surface area contributed by atoms with Crippen molar-refractivity contribution < 1.29 is 4.74 Å². The Morgan fingerprint density at radius 3 is 3.00 bits per heavy atom. The fourth-order valence-electron chi connectivity index (χ4n) is 2.93. The lowest BCUT2D eigenvalue weighted by molar-refractivity contribution is 0.181. The molecule has 5 heteroatoms. The lowest BCUT2D eigenvalue weighted by Crippen LogP contribution is -2.30. The molecule has 1 heterocycles. The maximum absolute atomic E-state index is 5.97. The van der Waals surface area contributed by atoms with E-state index in [1.165, 1.54) is 14.9 Å². The van der Waals surface area contributed by atoms with Crippen molar-refractivity contribution in [1.82, 2.24) is 5.32 Å². The number of aliphatic imine (C=N–C) groups is 1. The average molecular weight is 421 g/mol. The van der Waals surface area contributed by atoms with Crippen molar-refractivity contribution >= 4 is 33.5 Å². The largest absolute Gasteiger partial charge is 0.498 e. The Morgan fingerprint density at radius 2 is 2.20 bits per heavy atom. The minimum absolute atomic E-state index is 0.408. The molecule has 1 atom stereocenters. The Hall–Kier alpha value is -1.20. The lowest BCUT2D eigenvalue weighted by atomic mass is 10.0. The third kappa shape index (κ3) is 5.14. The molecule has 1 N–H and O–H groups in total. The second kappa shape index (κ2) is 9.48. The third-order valence-corrected chi connectivity index (χ3v) is 6.05. The van der Waals surface area contributed by atoms with Crippen LogP contribution in [-0.4, -0.2) is 31.3 Å². The molecule has 0 amide bonds. The van der Waals surface area contributed by atoms with Crippen molar-refractivity contribution in [3.8, 4) is 0 Å². The summed E-state index contributed by atoms with van der Waals surface area (Å²) in [7, 11) is 0. The van der Waals surface area contributed by atoms with Gasteiger partial charge in [-0.2, -0.15) is 0 Å². The van der Waals surface area contributed by atoms with Crippen molar-refractivity contribution in [2.45, 2.75) is 31.1 Å². The first-order valence-corrected chi connectivity index (χ1v) is 10.8. The number of ether oxygens (including phenoxy) is 1. The lowest BCUT2D eigenvalue weighted by Gasteiger charge is -2.24. The number of nitrogens with one attached hydrogen (secondary N) is 1. The van der Waals surface area contributed by atoms with Crippen LogP contribution in [0.5, 0.6) is 0 Å². The van der Waals surface area contributed by atoms with Gasteiger partial charge < -0.3 is 10.1 Å². The highest BCUT2D eigenvalue weighted by Gasteiger charge is 2.21. The van der Waals surface area contributed by atoms with Crippen LogP contribution in [0.15, 0.2) is 56.5 Å². The van der Waals surface area contributed by atoms with Crippen molar-refractivity contribution in [3.05, 3.63) is 52.2 Å². The molecule has 3 rings (SSSR count). The van der Waals surface area contributed by atoms with Crippen LogP contribution in [0.25, 0.3) is 0 Å². The summed E-state index contributed by atoms with van der Waals surface area (Å²) in [4.78, 5) is 5.95. The summed E-state index contributed by atoms with van der Waals surface area (Å²) in [5.41, 5.74) is 1.22. The van der Waals surface area contributed by atoms with E-state index in [4.69, 9.17) is 4.74 Å².